The summed E-state index contributed by atoms with van der Waals surface area (Å²) in [4.78, 5) is 9.35. The van der Waals surface area contributed by atoms with Crippen molar-refractivity contribution in [3.63, 3.8) is 0 Å². The van der Waals surface area contributed by atoms with Gasteiger partial charge < -0.3 is 9.47 Å². The number of hydrogen-bond acceptors (Lipinski definition) is 4. The van der Waals surface area contributed by atoms with Gasteiger partial charge in [0.25, 0.3) is 0 Å². The lowest BCUT2D eigenvalue weighted by atomic mass is 10.1. The smallest absolute Gasteiger partial charge is 0.184 e. The largest absolute Gasteiger partial charge is 0.346 e. The molecule has 0 radical (unpaired) electrons. The summed E-state index contributed by atoms with van der Waals surface area (Å²) in [6.07, 6.45) is -0.206. The average Bonchev–Trinajstić information content (AvgIpc) is 2.80. The molecule has 0 atom stereocenters. The van der Waals surface area contributed by atoms with Gasteiger partial charge in [-0.15, -0.1) is 0 Å². The Labute approximate surface area is 88.6 Å². The van der Waals surface area contributed by atoms with Gasteiger partial charge in [0.1, 0.15) is 6.61 Å². The van der Waals surface area contributed by atoms with Crippen LogP contribution < -0.4 is 0 Å². The third-order valence-electron chi connectivity index (χ3n) is 2.22. The zero-order chi connectivity index (χ0) is 10.5. The SMILES string of the molecule is COOCc1ccc(C2OCCO2)cc1. The van der Waals surface area contributed by atoms with E-state index in [9.17, 15) is 0 Å². The topological polar surface area (TPSA) is 36.9 Å². The summed E-state index contributed by atoms with van der Waals surface area (Å²) in [6, 6.07) is 7.90. The van der Waals surface area contributed by atoms with Crippen LogP contribution in [0.25, 0.3) is 0 Å². The number of rotatable bonds is 4. The van der Waals surface area contributed by atoms with E-state index < -0.39 is 0 Å². The summed E-state index contributed by atoms with van der Waals surface area (Å²) in [6.45, 7) is 1.78. The van der Waals surface area contributed by atoms with Gasteiger partial charge >= 0.3 is 0 Å². The minimum Gasteiger partial charge on any atom is -0.346 e. The first-order chi connectivity index (χ1) is 7.40. The van der Waals surface area contributed by atoms with Crippen molar-refractivity contribution in [2.75, 3.05) is 20.3 Å². The van der Waals surface area contributed by atoms with Crippen molar-refractivity contribution in [3.8, 4) is 0 Å². The normalized spacial score (nSPS) is 17.1. The van der Waals surface area contributed by atoms with Gasteiger partial charge in [-0.25, -0.2) is 9.78 Å². The van der Waals surface area contributed by atoms with Gasteiger partial charge in [-0.2, -0.15) is 0 Å². The maximum atomic E-state index is 5.38. The van der Waals surface area contributed by atoms with Crippen LogP contribution in [0.4, 0.5) is 0 Å². The second-order valence-electron chi connectivity index (χ2n) is 3.24. The van der Waals surface area contributed by atoms with E-state index in [-0.39, 0.29) is 6.29 Å². The molecule has 0 N–H and O–H groups in total. The molecule has 15 heavy (non-hydrogen) atoms. The van der Waals surface area contributed by atoms with Crippen molar-refractivity contribution in [2.45, 2.75) is 12.9 Å². The highest BCUT2D eigenvalue weighted by molar-refractivity contribution is 5.23. The Bertz CT molecular complexity index is 290. The van der Waals surface area contributed by atoms with Crippen LogP contribution in [0.5, 0.6) is 0 Å². The van der Waals surface area contributed by atoms with E-state index >= 15 is 0 Å². The van der Waals surface area contributed by atoms with Crippen LogP contribution in [0.3, 0.4) is 0 Å². The van der Waals surface area contributed by atoms with E-state index in [2.05, 4.69) is 4.89 Å². The van der Waals surface area contributed by atoms with Crippen LogP contribution >= 0.6 is 0 Å². The molecule has 0 saturated carbocycles. The van der Waals surface area contributed by atoms with Crippen LogP contribution in [-0.4, -0.2) is 20.3 Å². The van der Waals surface area contributed by atoms with Gasteiger partial charge in [-0.05, 0) is 5.56 Å². The Morgan fingerprint density at radius 3 is 2.47 bits per heavy atom. The van der Waals surface area contributed by atoms with Gasteiger partial charge in [0.2, 0.25) is 0 Å². The van der Waals surface area contributed by atoms with Crippen molar-refractivity contribution < 1.29 is 19.2 Å². The highest BCUT2D eigenvalue weighted by Crippen LogP contribution is 2.23. The average molecular weight is 210 g/mol. The number of benzene rings is 1. The zero-order valence-electron chi connectivity index (χ0n) is 8.64. The van der Waals surface area contributed by atoms with Gasteiger partial charge in [0, 0.05) is 5.56 Å². The van der Waals surface area contributed by atoms with Crippen LogP contribution in [0, 0.1) is 0 Å². The van der Waals surface area contributed by atoms with Crippen LogP contribution in [0.1, 0.15) is 17.4 Å². The third kappa shape index (κ3) is 2.76. The fourth-order valence-electron chi connectivity index (χ4n) is 1.45. The Hall–Kier alpha value is -0.940. The van der Waals surface area contributed by atoms with E-state index in [0.717, 1.165) is 11.1 Å². The first kappa shape index (κ1) is 10.6. The van der Waals surface area contributed by atoms with E-state index in [4.69, 9.17) is 14.4 Å². The van der Waals surface area contributed by atoms with E-state index in [1.807, 2.05) is 24.3 Å². The van der Waals surface area contributed by atoms with Crippen molar-refractivity contribution in [2.24, 2.45) is 0 Å². The number of ether oxygens (including phenoxy) is 2. The zero-order valence-corrected chi connectivity index (χ0v) is 8.64. The molecule has 0 aliphatic carbocycles. The molecule has 2 rings (SSSR count). The molecule has 4 heteroatoms. The molecule has 0 amide bonds. The van der Waals surface area contributed by atoms with Crippen LogP contribution in [0.15, 0.2) is 24.3 Å². The predicted molar refractivity (Wildman–Crippen MR) is 52.9 cm³/mol. The summed E-state index contributed by atoms with van der Waals surface area (Å²) in [7, 11) is 1.49. The maximum absolute atomic E-state index is 5.38. The van der Waals surface area contributed by atoms with Crippen LogP contribution in [0.2, 0.25) is 0 Å². The molecule has 0 aromatic heterocycles. The third-order valence-corrected chi connectivity index (χ3v) is 2.22. The minimum atomic E-state index is -0.206. The highest BCUT2D eigenvalue weighted by atomic mass is 17.2. The Morgan fingerprint density at radius 1 is 1.20 bits per heavy atom. The Balaban J connectivity index is 1.96. The van der Waals surface area contributed by atoms with E-state index in [1.54, 1.807) is 0 Å². The summed E-state index contributed by atoms with van der Waals surface area (Å²) in [5.41, 5.74) is 2.09. The summed E-state index contributed by atoms with van der Waals surface area (Å²) in [5.74, 6) is 0. The van der Waals surface area contributed by atoms with Gasteiger partial charge in [-0.3, -0.25) is 0 Å². The first-order valence-corrected chi connectivity index (χ1v) is 4.88. The highest BCUT2D eigenvalue weighted by Gasteiger charge is 2.17. The lowest BCUT2D eigenvalue weighted by Crippen LogP contribution is -1.98. The van der Waals surface area contributed by atoms with Gasteiger partial charge in [0.15, 0.2) is 6.29 Å². The Kier molecular flexibility index (Phi) is 3.69. The predicted octanol–water partition coefficient (Wildman–Crippen LogP) is 1.81. The molecular weight excluding hydrogens is 196 g/mol. The van der Waals surface area contributed by atoms with Crippen molar-refractivity contribution >= 4 is 0 Å². The van der Waals surface area contributed by atoms with E-state index in [0.29, 0.717) is 19.8 Å². The molecule has 1 aliphatic heterocycles. The van der Waals surface area contributed by atoms with Crippen LogP contribution in [-0.2, 0) is 25.9 Å². The summed E-state index contributed by atoms with van der Waals surface area (Å²) in [5, 5.41) is 0. The monoisotopic (exact) mass is 210 g/mol. The number of hydrogen-bond donors (Lipinski definition) is 0. The second kappa shape index (κ2) is 5.23. The summed E-state index contributed by atoms with van der Waals surface area (Å²) < 4.78 is 10.8. The van der Waals surface area contributed by atoms with Gasteiger partial charge in [-0.1, -0.05) is 24.3 Å². The molecule has 1 fully saturated rings. The van der Waals surface area contributed by atoms with Gasteiger partial charge in [0.05, 0.1) is 20.3 Å². The second-order valence-corrected chi connectivity index (χ2v) is 3.24. The molecule has 82 valence electrons. The standard InChI is InChI=1S/C11H14O4/c1-12-15-8-9-2-4-10(5-3-9)11-13-6-7-14-11/h2-5,11H,6-8H2,1H3. The molecule has 1 saturated heterocycles. The molecule has 1 heterocycles. The molecule has 1 aliphatic rings. The molecule has 1 aromatic rings. The van der Waals surface area contributed by atoms with Crippen molar-refractivity contribution in [1.82, 2.24) is 0 Å². The fraction of sp³-hybridized carbons (Fsp3) is 0.455. The lowest BCUT2D eigenvalue weighted by molar-refractivity contribution is -0.282. The molecule has 0 unspecified atom stereocenters. The minimum absolute atomic E-state index is 0.206. The molecule has 0 bridgehead atoms. The van der Waals surface area contributed by atoms with Crippen molar-refractivity contribution in [1.29, 1.82) is 0 Å². The molecule has 4 nitrogen and oxygen atoms in total. The summed E-state index contributed by atoms with van der Waals surface area (Å²) >= 11 is 0. The quantitative estimate of drug-likeness (QED) is 0.561. The Morgan fingerprint density at radius 2 is 1.87 bits per heavy atom. The fourth-order valence-corrected chi connectivity index (χ4v) is 1.45. The van der Waals surface area contributed by atoms with Crippen molar-refractivity contribution in [3.05, 3.63) is 35.4 Å². The van der Waals surface area contributed by atoms with E-state index in [1.165, 1.54) is 7.11 Å². The molecular formula is C11H14O4. The lowest BCUT2D eigenvalue weighted by Gasteiger charge is -2.09. The maximum Gasteiger partial charge on any atom is 0.184 e. The first-order valence-electron chi connectivity index (χ1n) is 4.88. The molecule has 1 aromatic carbocycles. The molecule has 0 spiro atoms.